The highest BCUT2D eigenvalue weighted by molar-refractivity contribution is 5.05. The van der Waals surface area contributed by atoms with E-state index in [4.69, 9.17) is 4.52 Å². The van der Waals surface area contributed by atoms with Gasteiger partial charge in [0.1, 0.15) is 0 Å². The fourth-order valence-electron chi connectivity index (χ4n) is 2.71. The van der Waals surface area contributed by atoms with Gasteiger partial charge in [-0.05, 0) is 25.8 Å². The zero-order chi connectivity index (χ0) is 13.1. The van der Waals surface area contributed by atoms with Crippen LogP contribution in [0.3, 0.4) is 0 Å². The number of piperazine rings is 1. The lowest BCUT2D eigenvalue weighted by molar-refractivity contribution is 0.115. The molecule has 1 aromatic rings. The summed E-state index contributed by atoms with van der Waals surface area (Å²) in [5.41, 5.74) is 0.991. The topological polar surface area (TPSA) is 44.5 Å². The van der Waals surface area contributed by atoms with Crippen LogP contribution in [0.1, 0.15) is 24.3 Å². The molecule has 106 valence electrons. The Hall–Kier alpha value is -0.910. The molecular formula is C14H24N4O. The van der Waals surface area contributed by atoms with Crippen LogP contribution in [0.15, 0.2) is 10.6 Å². The first-order valence-electron chi connectivity index (χ1n) is 7.37. The predicted molar refractivity (Wildman–Crippen MR) is 73.7 cm³/mol. The van der Waals surface area contributed by atoms with Crippen LogP contribution in [0.4, 0.5) is 0 Å². The lowest BCUT2D eigenvalue weighted by atomic mass is 10.2. The molecule has 2 heterocycles. The largest absolute Gasteiger partial charge is 0.360 e. The highest BCUT2D eigenvalue weighted by Crippen LogP contribution is 2.29. The number of hydrogen-bond donors (Lipinski definition) is 1. The van der Waals surface area contributed by atoms with Gasteiger partial charge in [0.15, 0.2) is 5.76 Å². The van der Waals surface area contributed by atoms with Crippen molar-refractivity contribution >= 4 is 0 Å². The van der Waals surface area contributed by atoms with Crippen LogP contribution >= 0.6 is 0 Å². The van der Waals surface area contributed by atoms with Crippen LogP contribution in [0.2, 0.25) is 0 Å². The van der Waals surface area contributed by atoms with Gasteiger partial charge >= 0.3 is 0 Å². The van der Waals surface area contributed by atoms with Crippen LogP contribution in [-0.2, 0) is 13.1 Å². The van der Waals surface area contributed by atoms with Crippen molar-refractivity contribution in [3.05, 3.63) is 17.5 Å². The molecule has 1 aliphatic carbocycles. The maximum atomic E-state index is 5.38. The molecule has 5 nitrogen and oxygen atoms in total. The van der Waals surface area contributed by atoms with Gasteiger partial charge in [0.25, 0.3) is 0 Å². The molecule has 1 aliphatic heterocycles. The first-order chi connectivity index (χ1) is 9.33. The van der Waals surface area contributed by atoms with E-state index in [2.05, 4.69) is 26.3 Å². The lowest BCUT2D eigenvalue weighted by Crippen LogP contribution is -2.46. The number of aromatic nitrogens is 1. The summed E-state index contributed by atoms with van der Waals surface area (Å²) in [7, 11) is 1.92. The Morgan fingerprint density at radius 3 is 2.68 bits per heavy atom. The molecule has 0 radical (unpaired) electrons. The maximum absolute atomic E-state index is 5.38. The normalized spacial score (nSPS) is 21.9. The predicted octanol–water partition coefficient (Wildman–Crippen LogP) is 0.922. The van der Waals surface area contributed by atoms with E-state index in [1.807, 2.05) is 7.05 Å². The van der Waals surface area contributed by atoms with E-state index in [9.17, 15) is 0 Å². The minimum absolute atomic E-state index is 0.776. The Labute approximate surface area is 114 Å². The molecule has 5 heteroatoms. The monoisotopic (exact) mass is 264 g/mol. The molecule has 2 fully saturated rings. The van der Waals surface area contributed by atoms with Crippen LogP contribution in [0.25, 0.3) is 0 Å². The van der Waals surface area contributed by atoms with E-state index in [1.54, 1.807) is 0 Å². The van der Waals surface area contributed by atoms with Crippen molar-refractivity contribution in [1.29, 1.82) is 0 Å². The highest BCUT2D eigenvalue weighted by Gasteiger charge is 2.26. The van der Waals surface area contributed by atoms with Gasteiger partial charge in [-0.1, -0.05) is 5.16 Å². The molecule has 0 atom stereocenters. The summed E-state index contributed by atoms with van der Waals surface area (Å²) >= 11 is 0. The van der Waals surface area contributed by atoms with Crippen molar-refractivity contribution in [1.82, 2.24) is 20.3 Å². The van der Waals surface area contributed by atoms with E-state index in [-0.39, 0.29) is 0 Å². The van der Waals surface area contributed by atoms with Gasteiger partial charge in [-0.3, -0.25) is 4.90 Å². The summed E-state index contributed by atoms with van der Waals surface area (Å²) in [6.45, 7) is 7.70. The third-order valence-corrected chi connectivity index (χ3v) is 4.02. The standard InChI is InChI=1S/C14H24N4O/c1-15-9-13-8-14(19-16-13)11-18-6-4-17(5-7-18)10-12-2-3-12/h8,12,15H,2-7,9-11H2,1H3. The molecule has 1 N–H and O–H groups in total. The van der Waals surface area contributed by atoms with Gasteiger partial charge in [0.2, 0.25) is 0 Å². The fraction of sp³-hybridized carbons (Fsp3) is 0.786. The zero-order valence-corrected chi connectivity index (χ0v) is 11.8. The van der Waals surface area contributed by atoms with Gasteiger partial charge < -0.3 is 14.7 Å². The maximum Gasteiger partial charge on any atom is 0.151 e. The molecule has 19 heavy (non-hydrogen) atoms. The third-order valence-electron chi connectivity index (χ3n) is 4.02. The Balaban J connectivity index is 1.42. The Kier molecular flexibility index (Phi) is 4.15. The second-order valence-electron chi connectivity index (χ2n) is 5.84. The van der Waals surface area contributed by atoms with Crippen LogP contribution in [0.5, 0.6) is 0 Å². The van der Waals surface area contributed by atoms with Crippen molar-refractivity contribution in [2.75, 3.05) is 39.8 Å². The highest BCUT2D eigenvalue weighted by atomic mass is 16.5. The molecule has 0 aromatic carbocycles. The van der Waals surface area contributed by atoms with Gasteiger partial charge in [-0.25, -0.2) is 0 Å². The SMILES string of the molecule is CNCc1cc(CN2CCN(CC3CC3)CC2)on1. The average molecular weight is 264 g/mol. The van der Waals surface area contributed by atoms with Gasteiger partial charge in [0.05, 0.1) is 12.2 Å². The van der Waals surface area contributed by atoms with Crippen molar-refractivity contribution in [3.63, 3.8) is 0 Å². The van der Waals surface area contributed by atoms with Gasteiger partial charge in [0, 0.05) is 45.3 Å². The van der Waals surface area contributed by atoms with E-state index >= 15 is 0 Å². The van der Waals surface area contributed by atoms with E-state index in [0.717, 1.165) is 43.6 Å². The zero-order valence-electron chi connectivity index (χ0n) is 11.8. The molecule has 3 rings (SSSR count). The van der Waals surface area contributed by atoms with Gasteiger partial charge in [-0.15, -0.1) is 0 Å². The van der Waals surface area contributed by atoms with E-state index < -0.39 is 0 Å². The minimum atomic E-state index is 0.776. The van der Waals surface area contributed by atoms with Gasteiger partial charge in [-0.2, -0.15) is 0 Å². The summed E-state index contributed by atoms with van der Waals surface area (Å²) in [5.74, 6) is 1.99. The number of rotatable bonds is 6. The smallest absolute Gasteiger partial charge is 0.151 e. The molecule has 0 unspecified atom stereocenters. The Bertz CT molecular complexity index is 394. The summed E-state index contributed by atoms with van der Waals surface area (Å²) in [4.78, 5) is 5.08. The van der Waals surface area contributed by atoms with E-state index in [1.165, 1.54) is 32.5 Å². The molecular weight excluding hydrogens is 240 g/mol. The van der Waals surface area contributed by atoms with Crippen molar-refractivity contribution in [2.45, 2.75) is 25.9 Å². The second-order valence-corrected chi connectivity index (χ2v) is 5.84. The first kappa shape index (κ1) is 13.1. The molecule has 1 saturated carbocycles. The van der Waals surface area contributed by atoms with Crippen LogP contribution in [0, 0.1) is 5.92 Å². The summed E-state index contributed by atoms with van der Waals surface area (Å²) in [6, 6.07) is 2.06. The summed E-state index contributed by atoms with van der Waals surface area (Å²) in [6.07, 6.45) is 2.90. The minimum Gasteiger partial charge on any atom is -0.360 e. The van der Waals surface area contributed by atoms with Crippen molar-refractivity contribution in [3.8, 4) is 0 Å². The number of nitrogens with zero attached hydrogens (tertiary/aromatic N) is 3. The number of nitrogens with one attached hydrogen (secondary N) is 1. The summed E-state index contributed by atoms with van der Waals surface area (Å²) < 4.78 is 5.38. The Morgan fingerprint density at radius 1 is 1.26 bits per heavy atom. The lowest BCUT2D eigenvalue weighted by Gasteiger charge is -2.34. The molecule has 0 amide bonds. The molecule has 0 bridgehead atoms. The Morgan fingerprint density at radius 2 is 2.00 bits per heavy atom. The van der Waals surface area contributed by atoms with Crippen LogP contribution < -0.4 is 5.32 Å². The summed E-state index contributed by atoms with van der Waals surface area (Å²) in [5, 5.41) is 7.15. The van der Waals surface area contributed by atoms with E-state index in [0.29, 0.717) is 0 Å². The van der Waals surface area contributed by atoms with Crippen LogP contribution in [-0.4, -0.2) is 54.7 Å². The second kappa shape index (κ2) is 6.03. The first-order valence-corrected chi connectivity index (χ1v) is 7.37. The number of hydrogen-bond acceptors (Lipinski definition) is 5. The molecule has 2 aliphatic rings. The molecule has 1 saturated heterocycles. The average Bonchev–Trinajstić information content (AvgIpc) is 3.12. The molecule has 1 aromatic heterocycles. The molecule has 0 spiro atoms. The van der Waals surface area contributed by atoms with Crippen molar-refractivity contribution in [2.24, 2.45) is 5.92 Å². The van der Waals surface area contributed by atoms with Crippen molar-refractivity contribution < 1.29 is 4.52 Å². The third kappa shape index (κ3) is 3.78. The fourth-order valence-corrected chi connectivity index (χ4v) is 2.71. The quantitative estimate of drug-likeness (QED) is 0.828.